The van der Waals surface area contributed by atoms with E-state index in [-0.39, 0.29) is 12.0 Å². The largest absolute Gasteiger partial charge is 0.376 e. The van der Waals surface area contributed by atoms with E-state index < -0.39 is 0 Å². The van der Waals surface area contributed by atoms with Crippen LogP contribution in [-0.2, 0) is 11.3 Å². The summed E-state index contributed by atoms with van der Waals surface area (Å²) in [5.41, 5.74) is 2.38. The lowest BCUT2D eigenvalue weighted by molar-refractivity contribution is 0.0504. The molecule has 0 radical (unpaired) electrons. The number of nitrogens with one attached hydrogen (secondary N) is 1. The maximum absolute atomic E-state index is 13.1. The van der Waals surface area contributed by atoms with Crippen LogP contribution >= 0.6 is 0 Å². The van der Waals surface area contributed by atoms with Crippen LogP contribution in [0.3, 0.4) is 0 Å². The van der Waals surface area contributed by atoms with Crippen molar-refractivity contribution in [3.63, 3.8) is 0 Å². The molecular weight excluding hydrogens is 342 g/mol. The molecule has 1 amide bonds. The summed E-state index contributed by atoms with van der Waals surface area (Å²) in [7, 11) is 0. The van der Waals surface area contributed by atoms with Crippen LogP contribution < -0.4 is 0 Å². The van der Waals surface area contributed by atoms with Crippen molar-refractivity contribution in [3.8, 4) is 11.4 Å². The highest BCUT2D eigenvalue weighted by Crippen LogP contribution is 2.19. The van der Waals surface area contributed by atoms with Gasteiger partial charge in [0.1, 0.15) is 6.33 Å². The smallest absolute Gasteiger partial charge is 0.254 e. The molecule has 1 aromatic carbocycles. The summed E-state index contributed by atoms with van der Waals surface area (Å²) < 4.78 is 5.74. The van der Waals surface area contributed by atoms with Crippen LogP contribution in [0.1, 0.15) is 28.9 Å². The van der Waals surface area contributed by atoms with Crippen LogP contribution in [0.2, 0.25) is 0 Å². The SMILES string of the molecule is O=C(c1ccc(-c2ncn[nH]2)cc1)N(Cc1ccccn1)CC1CCCO1. The quantitative estimate of drug-likeness (QED) is 0.728. The van der Waals surface area contributed by atoms with Crippen molar-refractivity contribution in [2.24, 2.45) is 0 Å². The van der Waals surface area contributed by atoms with Crippen molar-refractivity contribution in [1.29, 1.82) is 0 Å². The second kappa shape index (κ2) is 8.09. The molecule has 3 heterocycles. The Morgan fingerprint density at radius 3 is 2.74 bits per heavy atom. The van der Waals surface area contributed by atoms with E-state index in [0.717, 1.165) is 30.7 Å². The van der Waals surface area contributed by atoms with Gasteiger partial charge in [0.15, 0.2) is 5.82 Å². The molecule has 0 aliphatic carbocycles. The summed E-state index contributed by atoms with van der Waals surface area (Å²) in [6.07, 6.45) is 5.32. The zero-order valence-electron chi connectivity index (χ0n) is 14.9. The van der Waals surface area contributed by atoms with Gasteiger partial charge in [-0.05, 0) is 37.1 Å². The van der Waals surface area contributed by atoms with Crippen LogP contribution in [0.4, 0.5) is 0 Å². The first kappa shape index (κ1) is 17.4. The Kier molecular flexibility index (Phi) is 5.20. The minimum atomic E-state index is -0.0275. The lowest BCUT2D eigenvalue weighted by Gasteiger charge is -2.25. The number of carbonyl (C=O) groups is 1. The number of pyridine rings is 1. The Morgan fingerprint density at radius 2 is 2.07 bits per heavy atom. The fourth-order valence-corrected chi connectivity index (χ4v) is 3.24. The number of hydrogen-bond donors (Lipinski definition) is 1. The van der Waals surface area contributed by atoms with Gasteiger partial charge in [0.05, 0.1) is 18.3 Å². The van der Waals surface area contributed by atoms with Crippen molar-refractivity contribution in [2.45, 2.75) is 25.5 Å². The number of H-pyrrole nitrogens is 1. The Labute approximate surface area is 157 Å². The molecule has 1 aliphatic rings. The molecule has 1 atom stereocenters. The van der Waals surface area contributed by atoms with Gasteiger partial charge >= 0.3 is 0 Å². The molecular formula is C20H21N5O2. The fraction of sp³-hybridized carbons (Fsp3) is 0.300. The predicted octanol–water partition coefficient (Wildman–Crippen LogP) is 2.69. The third-order valence-corrected chi connectivity index (χ3v) is 4.63. The van der Waals surface area contributed by atoms with Crippen molar-refractivity contribution in [1.82, 2.24) is 25.1 Å². The number of rotatable bonds is 6. The summed E-state index contributed by atoms with van der Waals surface area (Å²) in [5.74, 6) is 0.652. The summed E-state index contributed by atoms with van der Waals surface area (Å²) in [6.45, 7) is 1.80. The second-order valence-electron chi connectivity index (χ2n) is 6.55. The van der Waals surface area contributed by atoms with Crippen LogP contribution in [0.5, 0.6) is 0 Å². The molecule has 27 heavy (non-hydrogen) atoms. The number of amides is 1. The molecule has 0 spiro atoms. The Bertz CT molecular complexity index is 859. The Hall–Kier alpha value is -3.06. The predicted molar refractivity (Wildman–Crippen MR) is 99.8 cm³/mol. The summed E-state index contributed by atoms with van der Waals surface area (Å²) >= 11 is 0. The minimum absolute atomic E-state index is 0.0275. The van der Waals surface area contributed by atoms with E-state index in [9.17, 15) is 4.79 Å². The minimum Gasteiger partial charge on any atom is -0.376 e. The maximum Gasteiger partial charge on any atom is 0.254 e. The van der Waals surface area contributed by atoms with Crippen molar-refractivity contribution in [3.05, 3.63) is 66.2 Å². The summed E-state index contributed by atoms with van der Waals surface area (Å²) in [6, 6.07) is 13.1. The van der Waals surface area contributed by atoms with Crippen LogP contribution in [0.25, 0.3) is 11.4 Å². The Morgan fingerprint density at radius 1 is 1.19 bits per heavy atom. The first-order valence-corrected chi connectivity index (χ1v) is 9.06. The Balaban J connectivity index is 1.53. The molecule has 1 fully saturated rings. The molecule has 4 rings (SSSR count). The maximum atomic E-state index is 13.1. The highest BCUT2D eigenvalue weighted by molar-refractivity contribution is 5.94. The van der Waals surface area contributed by atoms with Gasteiger partial charge in [-0.3, -0.25) is 14.9 Å². The highest BCUT2D eigenvalue weighted by Gasteiger charge is 2.24. The number of aromatic amines is 1. The van der Waals surface area contributed by atoms with Gasteiger partial charge in [-0.25, -0.2) is 4.98 Å². The third-order valence-electron chi connectivity index (χ3n) is 4.63. The van der Waals surface area contributed by atoms with Gasteiger partial charge in [-0.2, -0.15) is 5.10 Å². The van der Waals surface area contributed by atoms with E-state index >= 15 is 0 Å². The molecule has 3 aromatic rings. The van der Waals surface area contributed by atoms with E-state index in [0.29, 0.717) is 24.5 Å². The van der Waals surface area contributed by atoms with Gasteiger partial charge in [-0.1, -0.05) is 18.2 Å². The number of hydrogen-bond acceptors (Lipinski definition) is 5. The average Bonchev–Trinajstić information content (AvgIpc) is 3.42. The van der Waals surface area contributed by atoms with E-state index in [2.05, 4.69) is 20.2 Å². The third kappa shape index (κ3) is 4.20. The van der Waals surface area contributed by atoms with Gasteiger partial charge in [-0.15, -0.1) is 0 Å². The van der Waals surface area contributed by atoms with E-state index in [1.807, 2.05) is 47.4 Å². The molecule has 0 saturated carbocycles. The normalized spacial score (nSPS) is 16.4. The molecule has 1 N–H and O–H groups in total. The van der Waals surface area contributed by atoms with E-state index in [1.165, 1.54) is 6.33 Å². The van der Waals surface area contributed by atoms with Crippen molar-refractivity contribution < 1.29 is 9.53 Å². The van der Waals surface area contributed by atoms with Crippen LogP contribution in [0.15, 0.2) is 55.0 Å². The lowest BCUT2D eigenvalue weighted by atomic mass is 10.1. The second-order valence-corrected chi connectivity index (χ2v) is 6.55. The number of benzene rings is 1. The average molecular weight is 363 g/mol. The number of nitrogens with zero attached hydrogens (tertiary/aromatic N) is 4. The molecule has 2 aromatic heterocycles. The monoisotopic (exact) mass is 363 g/mol. The highest BCUT2D eigenvalue weighted by atomic mass is 16.5. The first-order valence-electron chi connectivity index (χ1n) is 9.06. The molecule has 1 aliphatic heterocycles. The summed E-state index contributed by atoms with van der Waals surface area (Å²) in [4.78, 5) is 23.5. The molecule has 7 heteroatoms. The molecule has 1 saturated heterocycles. The zero-order valence-corrected chi connectivity index (χ0v) is 14.9. The fourth-order valence-electron chi connectivity index (χ4n) is 3.24. The van der Waals surface area contributed by atoms with Gasteiger partial charge < -0.3 is 9.64 Å². The van der Waals surface area contributed by atoms with Gasteiger partial charge in [0.25, 0.3) is 5.91 Å². The van der Waals surface area contributed by atoms with Gasteiger partial charge in [0.2, 0.25) is 0 Å². The lowest BCUT2D eigenvalue weighted by Crippen LogP contribution is -2.37. The standard InChI is InChI=1S/C20H21N5O2/c26-20(16-8-6-15(7-9-16)19-22-14-23-24-19)25(13-18-5-3-11-27-18)12-17-4-1-2-10-21-17/h1-2,4,6-10,14,18H,3,5,11-13H2,(H,22,23,24). The molecule has 138 valence electrons. The zero-order chi connectivity index (χ0) is 18.5. The van der Waals surface area contributed by atoms with E-state index in [4.69, 9.17) is 4.74 Å². The van der Waals surface area contributed by atoms with Crippen molar-refractivity contribution >= 4 is 5.91 Å². The van der Waals surface area contributed by atoms with E-state index in [1.54, 1.807) is 6.20 Å². The van der Waals surface area contributed by atoms with Crippen molar-refractivity contribution in [2.75, 3.05) is 13.2 Å². The molecule has 7 nitrogen and oxygen atoms in total. The topological polar surface area (TPSA) is 84.0 Å². The number of carbonyl (C=O) groups excluding carboxylic acids is 1. The summed E-state index contributed by atoms with van der Waals surface area (Å²) in [5, 5.41) is 6.68. The molecule has 1 unspecified atom stereocenters. The van der Waals surface area contributed by atoms with Gasteiger partial charge in [0, 0.05) is 30.5 Å². The number of ether oxygens (including phenoxy) is 1. The van der Waals surface area contributed by atoms with Crippen LogP contribution in [-0.4, -0.2) is 50.2 Å². The van der Waals surface area contributed by atoms with Crippen LogP contribution in [0, 0.1) is 0 Å². The molecule has 0 bridgehead atoms. The first-order chi connectivity index (χ1) is 13.3. The number of aromatic nitrogens is 4.